The van der Waals surface area contributed by atoms with Gasteiger partial charge in [-0.25, -0.2) is 4.99 Å². The van der Waals surface area contributed by atoms with Crippen molar-refractivity contribution in [1.29, 1.82) is 5.26 Å². The Bertz CT molecular complexity index is 630. The van der Waals surface area contributed by atoms with Gasteiger partial charge in [0.05, 0.1) is 24.4 Å². The van der Waals surface area contributed by atoms with Crippen LogP contribution in [-0.2, 0) is 13.0 Å². The van der Waals surface area contributed by atoms with Crippen molar-refractivity contribution in [2.45, 2.75) is 19.9 Å². The van der Waals surface area contributed by atoms with Gasteiger partial charge >= 0.3 is 0 Å². The van der Waals surface area contributed by atoms with Gasteiger partial charge in [0.2, 0.25) is 0 Å². The molecule has 1 aromatic carbocycles. The quantitative estimate of drug-likeness (QED) is 0.425. The highest BCUT2D eigenvalue weighted by Gasteiger charge is 2.00. The second kappa shape index (κ2) is 10.7. The van der Waals surface area contributed by atoms with Gasteiger partial charge in [0.15, 0.2) is 5.96 Å². The Morgan fingerprint density at radius 2 is 2.00 bits per heavy atom. The number of hydrogen-bond acceptors (Lipinski definition) is 3. The van der Waals surface area contributed by atoms with Crippen LogP contribution in [0.5, 0.6) is 0 Å². The number of furan rings is 1. The van der Waals surface area contributed by atoms with E-state index in [2.05, 4.69) is 21.7 Å². The van der Waals surface area contributed by atoms with Gasteiger partial charge < -0.3 is 15.1 Å². The molecule has 0 amide bonds. The summed E-state index contributed by atoms with van der Waals surface area (Å²) in [5.41, 5.74) is 1.73. The number of aliphatic imine (C=N–C) groups is 1. The summed E-state index contributed by atoms with van der Waals surface area (Å²) in [6.45, 7) is 4.17. The first kappa shape index (κ1) is 19.0. The number of benzene rings is 1. The van der Waals surface area contributed by atoms with E-state index in [1.54, 1.807) is 6.26 Å². The molecule has 2 N–H and O–H groups in total. The van der Waals surface area contributed by atoms with Gasteiger partial charge in [0, 0.05) is 19.5 Å². The second-order valence-corrected chi connectivity index (χ2v) is 4.76. The summed E-state index contributed by atoms with van der Waals surface area (Å²) in [5.74, 6) is 1.73. The Hall–Kier alpha value is -2.01. The SMILES string of the molecule is CCNC(=NCc1ccc(C#N)cc1)NCCc1ccco1.I. The van der Waals surface area contributed by atoms with Gasteiger partial charge in [-0.05, 0) is 36.8 Å². The molecule has 0 saturated heterocycles. The van der Waals surface area contributed by atoms with Crippen molar-refractivity contribution in [3.05, 3.63) is 59.5 Å². The standard InChI is InChI=1S/C17H20N4O.HI/c1-2-19-17(20-10-9-16-4-3-11-22-16)21-13-15-7-5-14(12-18)6-8-15;/h3-8,11H,2,9-10,13H2,1H3,(H2,19,20,21);1H. The maximum Gasteiger partial charge on any atom is 0.191 e. The number of hydrogen-bond donors (Lipinski definition) is 2. The molecule has 23 heavy (non-hydrogen) atoms. The Balaban J connectivity index is 0.00000264. The van der Waals surface area contributed by atoms with Crippen molar-refractivity contribution in [2.24, 2.45) is 4.99 Å². The highest BCUT2D eigenvalue weighted by atomic mass is 127. The fourth-order valence-corrected chi connectivity index (χ4v) is 1.96. The lowest BCUT2D eigenvalue weighted by atomic mass is 10.1. The third-order valence-electron chi connectivity index (χ3n) is 3.09. The lowest BCUT2D eigenvalue weighted by Crippen LogP contribution is -2.38. The van der Waals surface area contributed by atoms with Crippen LogP contribution in [-0.4, -0.2) is 19.0 Å². The minimum atomic E-state index is 0. The van der Waals surface area contributed by atoms with E-state index >= 15 is 0 Å². The lowest BCUT2D eigenvalue weighted by molar-refractivity contribution is 0.507. The van der Waals surface area contributed by atoms with Crippen LogP contribution in [0, 0.1) is 11.3 Å². The molecule has 1 aromatic heterocycles. The van der Waals surface area contributed by atoms with E-state index in [9.17, 15) is 0 Å². The van der Waals surface area contributed by atoms with E-state index in [-0.39, 0.29) is 24.0 Å². The first-order valence-electron chi connectivity index (χ1n) is 7.35. The molecular weight excluding hydrogens is 403 g/mol. The molecule has 0 aliphatic heterocycles. The normalized spacial score (nSPS) is 10.5. The zero-order valence-corrected chi connectivity index (χ0v) is 15.4. The van der Waals surface area contributed by atoms with E-state index < -0.39 is 0 Å². The monoisotopic (exact) mass is 424 g/mol. The van der Waals surface area contributed by atoms with Crippen molar-refractivity contribution in [1.82, 2.24) is 10.6 Å². The number of guanidine groups is 1. The van der Waals surface area contributed by atoms with Gasteiger partial charge in [-0.2, -0.15) is 5.26 Å². The average Bonchev–Trinajstić information content (AvgIpc) is 3.06. The van der Waals surface area contributed by atoms with Gasteiger partial charge in [0.1, 0.15) is 5.76 Å². The minimum absolute atomic E-state index is 0. The molecular formula is C17H21IN4O. The topological polar surface area (TPSA) is 73.3 Å². The van der Waals surface area contributed by atoms with Gasteiger partial charge in [0.25, 0.3) is 0 Å². The van der Waals surface area contributed by atoms with Crippen LogP contribution in [0.4, 0.5) is 0 Å². The van der Waals surface area contributed by atoms with Crippen molar-refractivity contribution >= 4 is 29.9 Å². The van der Waals surface area contributed by atoms with Gasteiger partial charge in [-0.3, -0.25) is 0 Å². The summed E-state index contributed by atoms with van der Waals surface area (Å²) in [5, 5.41) is 15.3. The van der Waals surface area contributed by atoms with Crippen molar-refractivity contribution in [3.63, 3.8) is 0 Å². The average molecular weight is 424 g/mol. The first-order valence-corrected chi connectivity index (χ1v) is 7.35. The zero-order valence-electron chi connectivity index (χ0n) is 13.1. The molecule has 2 rings (SSSR count). The molecule has 2 aromatic rings. The summed E-state index contributed by atoms with van der Waals surface area (Å²) in [6.07, 6.45) is 2.49. The van der Waals surface area contributed by atoms with Gasteiger partial charge in [-0.15, -0.1) is 24.0 Å². The molecule has 0 radical (unpaired) electrons. The van der Waals surface area contributed by atoms with Crippen LogP contribution >= 0.6 is 24.0 Å². The summed E-state index contributed by atoms with van der Waals surface area (Å²) in [7, 11) is 0. The van der Waals surface area contributed by atoms with Crippen LogP contribution in [0.1, 0.15) is 23.8 Å². The molecule has 0 unspecified atom stereocenters. The van der Waals surface area contributed by atoms with Crippen LogP contribution in [0.3, 0.4) is 0 Å². The Morgan fingerprint density at radius 3 is 2.61 bits per heavy atom. The molecule has 0 aliphatic rings. The third kappa shape index (κ3) is 6.74. The van der Waals surface area contributed by atoms with E-state index in [0.717, 1.165) is 36.8 Å². The molecule has 0 bridgehead atoms. The number of nitrogens with zero attached hydrogens (tertiary/aromatic N) is 2. The molecule has 5 nitrogen and oxygen atoms in total. The predicted molar refractivity (Wildman–Crippen MR) is 102 cm³/mol. The smallest absolute Gasteiger partial charge is 0.191 e. The van der Waals surface area contributed by atoms with E-state index in [0.29, 0.717) is 12.1 Å². The van der Waals surface area contributed by atoms with Crippen LogP contribution in [0.2, 0.25) is 0 Å². The Morgan fingerprint density at radius 1 is 1.22 bits per heavy atom. The summed E-state index contributed by atoms with van der Waals surface area (Å²) >= 11 is 0. The van der Waals surface area contributed by atoms with Crippen LogP contribution < -0.4 is 10.6 Å². The fraction of sp³-hybridized carbons (Fsp3) is 0.294. The molecule has 0 spiro atoms. The fourth-order valence-electron chi connectivity index (χ4n) is 1.96. The Labute approximate surface area is 153 Å². The van der Waals surface area contributed by atoms with Crippen LogP contribution in [0.25, 0.3) is 0 Å². The number of halogens is 1. The largest absolute Gasteiger partial charge is 0.469 e. The summed E-state index contributed by atoms with van der Waals surface area (Å²) < 4.78 is 5.30. The second-order valence-electron chi connectivity index (χ2n) is 4.76. The number of nitrogens with one attached hydrogen (secondary N) is 2. The van der Waals surface area contributed by atoms with E-state index in [1.165, 1.54) is 0 Å². The molecule has 0 aliphatic carbocycles. The van der Waals surface area contributed by atoms with Gasteiger partial charge in [-0.1, -0.05) is 12.1 Å². The van der Waals surface area contributed by atoms with Crippen LogP contribution in [0.15, 0.2) is 52.1 Å². The number of rotatable bonds is 6. The third-order valence-corrected chi connectivity index (χ3v) is 3.09. The van der Waals surface area contributed by atoms with Crippen molar-refractivity contribution in [2.75, 3.05) is 13.1 Å². The maximum absolute atomic E-state index is 8.79. The predicted octanol–water partition coefficient (Wildman–Crippen LogP) is 3.07. The van der Waals surface area contributed by atoms with E-state index in [1.807, 2.05) is 43.3 Å². The molecule has 122 valence electrons. The number of nitriles is 1. The lowest BCUT2D eigenvalue weighted by Gasteiger charge is -2.10. The molecule has 0 atom stereocenters. The summed E-state index contributed by atoms with van der Waals surface area (Å²) in [6, 6.07) is 13.4. The maximum atomic E-state index is 8.79. The molecule has 6 heteroatoms. The summed E-state index contributed by atoms with van der Waals surface area (Å²) in [4.78, 5) is 4.54. The Kier molecular flexibility index (Phi) is 8.83. The van der Waals surface area contributed by atoms with Crippen molar-refractivity contribution in [3.8, 4) is 6.07 Å². The highest BCUT2D eigenvalue weighted by molar-refractivity contribution is 14.0. The highest BCUT2D eigenvalue weighted by Crippen LogP contribution is 2.04. The molecule has 0 fully saturated rings. The van der Waals surface area contributed by atoms with E-state index in [4.69, 9.17) is 9.68 Å². The molecule has 0 saturated carbocycles. The van der Waals surface area contributed by atoms with Crippen molar-refractivity contribution < 1.29 is 4.42 Å². The zero-order chi connectivity index (χ0) is 15.6. The first-order chi connectivity index (χ1) is 10.8. The molecule has 1 heterocycles. The minimum Gasteiger partial charge on any atom is -0.469 e.